The smallest absolute Gasteiger partial charge is 0.315 e. The van der Waals surface area contributed by atoms with Gasteiger partial charge in [0.1, 0.15) is 0 Å². The van der Waals surface area contributed by atoms with Crippen LogP contribution in [-0.2, 0) is 11.3 Å². The monoisotopic (exact) mass is 317 g/mol. The van der Waals surface area contributed by atoms with E-state index in [1.165, 1.54) is 5.56 Å². The molecule has 0 aromatic heterocycles. The van der Waals surface area contributed by atoms with Crippen molar-refractivity contribution in [3.8, 4) is 0 Å². The third-order valence-electron chi connectivity index (χ3n) is 4.95. The minimum atomic E-state index is -0.0641. The molecular formula is C18H27N3O2. The summed E-state index contributed by atoms with van der Waals surface area (Å²) in [7, 11) is 0. The van der Waals surface area contributed by atoms with E-state index in [2.05, 4.69) is 46.7 Å². The number of ether oxygens (including phenoxy) is 1. The molecule has 0 spiro atoms. The van der Waals surface area contributed by atoms with E-state index in [1.807, 2.05) is 13.0 Å². The van der Waals surface area contributed by atoms with Crippen LogP contribution in [0.2, 0.25) is 0 Å². The molecule has 0 bridgehead atoms. The van der Waals surface area contributed by atoms with E-state index in [0.717, 1.165) is 32.7 Å². The topological polar surface area (TPSA) is 53.6 Å². The van der Waals surface area contributed by atoms with Crippen LogP contribution in [0.3, 0.4) is 0 Å². The third-order valence-corrected chi connectivity index (χ3v) is 4.95. The molecule has 2 fully saturated rings. The van der Waals surface area contributed by atoms with Crippen molar-refractivity contribution in [2.75, 3.05) is 19.7 Å². The van der Waals surface area contributed by atoms with Gasteiger partial charge in [-0.25, -0.2) is 4.79 Å². The fraction of sp³-hybridized carbons (Fsp3) is 0.611. The van der Waals surface area contributed by atoms with Crippen LogP contribution in [0, 0.1) is 5.92 Å². The molecule has 23 heavy (non-hydrogen) atoms. The van der Waals surface area contributed by atoms with Gasteiger partial charge in [-0.2, -0.15) is 0 Å². The number of likely N-dealkylation sites (tertiary alicyclic amines) is 1. The van der Waals surface area contributed by atoms with E-state index in [-0.39, 0.29) is 24.2 Å². The number of benzene rings is 1. The molecule has 2 saturated heterocycles. The molecule has 0 aliphatic carbocycles. The second-order valence-electron chi connectivity index (χ2n) is 6.85. The summed E-state index contributed by atoms with van der Waals surface area (Å²) in [5, 5.41) is 6.19. The van der Waals surface area contributed by atoms with Crippen molar-refractivity contribution in [3.63, 3.8) is 0 Å². The summed E-state index contributed by atoms with van der Waals surface area (Å²) in [5.41, 5.74) is 1.32. The van der Waals surface area contributed by atoms with Gasteiger partial charge in [0, 0.05) is 32.3 Å². The fourth-order valence-electron chi connectivity index (χ4n) is 3.53. The van der Waals surface area contributed by atoms with Gasteiger partial charge in [-0.05, 0) is 24.8 Å². The highest BCUT2D eigenvalue weighted by Crippen LogP contribution is 2.19. The molecular weight excluding hydrogens is 290 g/mol. The average Bonchev–Trinajstić information content (AvgIpc) is 3.07. The molecule has 5 nitrogen and oxygen atoms in total. The van der Waals surface area contributed by atoms with Gasteiger partial charge in [0.25, 0.3) is 0 Å². The lowest BCUT2D eigenvalue weighted by molar-refractivity contribution is 0.114. The van der Waals surface area contributed by atoms with Crippen molar-refractivity contribution in [2.24, 2.45) is 5.92 Å². The van der Waals surface area contributed by atoms with Gasteiger partial charge in [-0.15, -0.1) is 0 Å². The van der Waals surface area contributed by atoms with E-state index in [4.69, 9.17) is 4.74 Å². The van der Waals surface area contributed by atoms with Crippen molar-refractivity contribution in [2.45, 2.75) is 45.0 Å². The van der Waals surface area contributed by atoms with Crippen LogP contribution in [0.15, 0.2) is 30.3 Å². The second kappa shape index (κ2) is 7.32. The molecule has 0 saturated carbocycles. The van der Waals surface area contributed by atoms with E-state index >= 15 is 0 Å². The Morgan fingerprint density at radius 3 is 2.61 bits per heavy atom. The molecule has 2 heterocycles. The maximum atomic E-state index is 12.2. The maximum Gasteiger partial charge on any atom is 0.315 e. The highest BCUT2D eigenvalue weighted by atomic mass is 16.5. The zero-order chi connectivity index (χ0) is 16.2. The zero-order valence-electron chi connectivity index (χ0n) is 14.0. The molecule has 1 aromatic carbocycles. The van der Waals surface area contributed by atoms with Gasteiger partial charge in [-0.3, -0.25) is 4.90 Å². The molecule has 0 unspecified atom stereocenters. The number of amides is 2. The summed E-state index contributed by atoms with van der Waals surface area (Å²) in [6.07, 6.45) is 1.01. The van der Waals surface area contributed by atoms with E-state index < -0.39 is 0 Å². The van der Waals surface area contributed by atoms with Crippen LogP contribution in [0.4, 0.5) is 4.79 Å². The Bertz CT molecular complexity index is 522. The quantitative estimate of drug-likeness (QED) is 0.893. The fourth-order valence-corrected chi connectivity index (χ4v) is 3.53. The summed E-state index contributed by atoms with van der Waals surface area (Å²) in [6, 6.07) is 10.8. The molecule has 0 radical (unpaired) electrons. The number of nitrogens with zero attached hydrogens (tertiary/aromatic N) is 1. The summed E-state index contributed by atoms with van der Waals surface area (Å²) >= 11 is 0. The SMILES string of the molecule is C[C@@H]1CN(Cc2ccccc2)C[C@@H]1NC(=O)N[C@H]1CCO[C@@H]1C. The first-order chi connectivity index (χ1) is 11.1. The molecule has 3 rings (SSSR count). The van der Waals surface area contributed by atoms with Crippen molar-refractivity contribution in [1.82, 2.24) is 15.5 Å². The van der Waals surface area contributed by atoms with Crippen molar-refractivity contribution >= 4 is 6.03 Å². The molecule has 126 valence electrons. The summed E-state index contributed by atoms with van der Waals surface area (Å²) < 4.78 is 5.49. The van der Waals surface area contributed by atoms with Gasteiger partial charge < -0.3 is 15.4 Å². The Labute approximate surface area is 138 Å². The largest absolute Gasteiger partial charge is 0.376 e. The van der Waals surface area contributed by atoms with Crippen molar-refractivity contribution in [1.29, 1.82) is 0 Å². The molecule has 2 amide bonds. The van der Waals surface area contributed by atoms with Gasteiger partial charge in [-0.1, -0.05) is 37.3 Å². The van der Waals surface area contributed by atoms with E-state index in [9.17, 15) is 4.79 Å². The Morgan fingerprint density at radius 2 is 1.91 bits per heavy atom. The number of rotatable bonds is 4. The van der Waals surface area contributed by atoms with Crippen LogP contribution in [0.5, 0.6) is 0 Å². The Balaban J connectivity index is 1.47. The van der Waals surface area contributed by atoms with Crippen molar-refractivity contribution in [3.05, 3.63) is 35.9 Å². The third kappa shape index (κ3) is 4.24. The number of hydrogen-bond acceptors (Lipinski definition) is 3. The van der Waals surface area contributed by atoms with Crippen LogP contribution in [-0.4, -0.2) is 48.8 Å². The number of hydrogen-bond donors (Lipinski definition) is 2. The zero-order valence-corrected chi connectivity index (χ0v) is 14.0. The van der Waals surface area contributed by atoms with E-state index in [0.29, 0.717) is 5.92 Å². The predicted molar refractivity (Wildman–Crippen MR) is 90.2 cm³/mol. The van der Waals surface area contributed by atoms with E-state index in [1.54, 1.807) is 0 Å². The molecule has 4 atom stereocenters. The summed E-state index contributed by atoms with van der Waals surface area (Å²) in [4.78, 5) is 14.6. The number of nitrogens with one attached hydrogen (secondary N) is 2. The normalized spacial score (nSPS) is 31.2. The van der Waals surface area contributed by atoms with Gasteiger partial charge >= 0.3 is 6.03 Å². The molecule has 5 heteroatoms. The lowest BCUT2D eigenvalue weighted by atomic mass is 10.1. The summed E-state index contributed by atoms with van der Waals surface area (Å²) in [6.45, 7) is 7.81. The molecule has 2 N–H and O–H groups in total. The second-order valence-corrected chi connectivity index (χ2v) is 6.85. The van der Waals surface area contributed by atoms with Crippen LogP contribution in [0.25, 0.3) is 0 Å². The lowest BCUT2D eigenvalue weighted by Gasteiger charge is -2.21. The van der Waals surface area contributed by atoms with Gasteiger partial charge in [0.2, 0.25) is 0 Å². The Hall–Kier alpha value is -1.59. The van der Waals surface area contributed by atoms with Crippen LogP contribution in [0.1, 0.15) is 25.8 Å². The molecule has 2 aliphatic heterocycles. The predicted octanol–water partition coefficient (Wildman–Crippen LogP) is 1.98. The Morgan fingerprint density at radius 1 is 1.17 bits per heavy atom. The minimum absolute atomic E-state index is 0.0641. The Kier molecular flexibility index (Phi) is 5.18. The maximum absolute atomic E-state index is 12.2. The number of urea groups is 1. The van der Waals surface area contributed by atoms with Crippen LogP contribution >= 0.6 is 0 Å². The number of carbonyl (C=O) groups excluding carboxylic acids is 1. The summed E-state index contributed by atoms with van der Waals surface area (Å²) in [5.74, 6) is 0.460. The lowest BCUT2D eigenvalue weighted by Crippen LogP contribution is -2.50. The van der Waals surface area contributed by atoms with Gasteiger partial charge in [0.15, 0.2) is 0 Å². The van der Waals surface area contributed by atoms with Crippen molar-refractivity contribution < 1.29 is 9.53 Å². The highest BCUT2D eigenvalue weighted by molar-refractivity contribution is 5.74. The standard InChI is InChI=1S/C18H27N3O2/c1-13-10-21(11-15-6-4-3-5-7-15)12-17(13)20-18(22)19-16-8-9-23-14(16)2/h3-7,13-14,16-17H,8-12H2,1-2H3,(H2,19,20,22)/t13-,14-,16+,17+/m1/s1. The minimum Gasteiger partial charge on any atom is -0.376 e. The van der Waals surface area contributed by atoms with Crippen LogP contribution < -0.4 is 10.6 Å². The molecule has 2 aliphatic rings. The first-order valence-corrected chi connectivity index (χ1v) is 8.56. The average molecular weight is 317 g/mol. The van der Waals surface area contributed by atoms with Gasteiger partial charge in [0.05, 0.1) is 12.1 Å². The number of carbonyl (C=O) groups is 1. The first kappa shape index (κ1) is 16.3. The highest BCUT2D eigenvalue weighted by Gasteiger charge is 2.32. The molecule has 1 aromatic rings. The first-order valence-electron chi connectivity index (χ1n) is 8.56.